The van der Waals surface area contributed by atoms with Gasteiger partial charge in [0.1, 0.15) is 5.75 Å². The third-order valence-electron chi connectivity index (χ3n) is 3.65. The van der Waals surface area contributed by atoms with E-state index in [2.05, 4.69) is 9.44 Å². The van der Waals surface area contributed by atoms with Crippen LogP contribution in [0.4, 0.5) is 11.4 Å². The maximum atomic E-state index is 12.6. The first kappa shape index (κ1) is 20.6. The second kappa shape index (κ2) is 7.50. The number of ether oxygens (including phenoxy) is 1. The number of nitro benzene ring substituents is 1. The van der Waals surface area contributed by atoms with Crippen molar-refractivity contribution >= 4 is 31.4 Å². The SMILES string of the molecule is CNS(=O)(=O)c1cc(NS(=O)(=O)c2ccc(OC)cc2[N+](=O)[O-])ccc1C. The van der Waals surface area contributed by atoms with Crippen molar-refractivity contribution in [1.29, 1.82) is 0 Å². The highest BCUT2D eigenvalue weighted by Crippen LogP contribution is 2.30. The second-order valence-corrected chi connectivity index (χ2v) is 8.89. The largest absolute Gasteiger partial charge is 0.497 e. The highest BCUT2D eigenvalue weighted by atomic mass is 32.2. The number of benzene rings is 2. The minimum absolute atomic E-state index is 0.0560. The Labute approximate surface area is 156 Å². The van der Waals surface area contributed by atoms with Crippen molar-refractivity contribution < 1.29 is 26.5 Å². The van der Waals surface area contributed by atoms with Crippen LogP contribution in [0.25, 0.3) is 0 Å². The quantitative estimate of drug-likeness (QED) is 0.516. The molecule has 27 heavy (non-hydrogen) atoms. The molecule has 0 spiro atoms. The summed E-state index contributed by atoms with van der Waals surface area (Å²) in [7, 11) is -5.65. The third kappa shape index (κ3) is 4.35. The van der Waals surface area contributed by atoms with E-state index < -0.39 is 35.6 Å². The van der Waals surface area contributed by atoms with Gasteiger partial charge >= 0.3 is 0 Å². The predicted molar refractivity (Wildman–Crippen MR) is 97.9 cm³/mol. The van der Waals surface area contributed by atoms with Crippen LogP contribution in [0.15, 0.2) is 46.2 Å². The number of hydrogen-bond acceptors (Lipinski definition) is 7. The zero-order valence-corrected chi connectivity index (χ0v) is 16.2. The minimum Gasteiger partial charge on any atom is -0.497 e. The Balaban J connectivity index is 2.52. The molecule has 0 aliphatic rings. The van der Waals surface area contributed by atoms with E-state index in [4.69, 9.17) is 4.74 Å². The second-order valence-electron chi connectivity index (χ2n) is 5.38. The van der Waals surface area contributed by atoms with Crippen LogP contribution in [0, 0.1) is 17.0 Å². The van der Waals surface area contributed by atoms with Crippen LogP contribution in [0.1, 0.15) is 5.56 Å². The normalized spacial score (nSPS) is 11.8. The molecule has 146 valence electrons. The molecule has 0 heterocycles. The Morgan fingerprint density at radius 1 is 1.00 bits per heavy atom. The smallest absolute Gasteiger partial charge is 0.293 e. The standard InChI is InChI=1S/C15H17N3O7S2/c1-10-4-5-11(8-15(10)26(21,22)16-2)17-27(23,24)14-7-6-12(25-3)9-13(14)18(19)20/h4-9,16-17H,1-3H3. The number of sulfonamides is 2. The molecule has 0 aromatic heterocycles. The van der Waals surface area contributed by atoms with E-state index in [-0.39, 0.29) is 16.3 Å². The van der Waals surface area contributed by atoms with E-state index in [9.17, 15) is 26.9 Å². The van der Waals surface area contributed by atoms with Crippen molar-refractivity contribution in [2.75, 3.05) is 18.9 Å². The number of methoxy groups -OCH3 is 1. The van der Waals surface area contributed by atoms with Crippen LogP contribution >= 0.6 is 0 Å². The zero-order chi connectivity index (χ0) is 20.4. The van der Waals surface area contributed by atoms with Gasteiger partial charge in [0, 0.05) is 0 Å². The molecule has 0 amide bonds. The maximum absolute atomic E-state index is 12.6. The lowest BCUT2D eigenvalue weighted by atomic mass is 10.2. The van der Waals surface area contributed by atoms with Gasteiger partial charge in [-0.15, -0.1) is 0 Å². The van der Waals surface area contributed by atoms with Crippen molar-refractivity contribution in [2.45, 2.75) is 16.7 Å². The van der Waals surface area contributed by atoms with Crippen LogP contribution in [0.2, 0.25) is 0 Å². The first-order valence-electron chi connectivity index (χ1n) is 7.41. The van der Waals surface area contributed by atoms with Gasteiger partial charge in [0.05, 0.1) is 28.7 Å². The molecule has 0 atom stereocenters. The lowest BCUT2D eigenvalue weighted by molar-refractivity contribution is -0.387. The Morgan fingerprint density at radius 2 is 1.67 bits per heavy atom. The van der Waals surface area contributed by atoms with Crippen LogP contribution in [0.5, 0.6) is 5.75 Å². The lowest BCUT2D eigenvalue weighted by Gasteiger charge is -2.12. The van der Waals surface area contributed by atoms with Gasteiger partial charge in [-0.1, -0.05) is 6.07 Å². The summed E-state index contributed by atoms with van der Waals surface area (Å²) in [6.45, 7) is 1.55. The van der Waals surface area contributed by atoms with E-state index in [1.807, 2.05) is 0 Å². The summed E-state index contributed by atoms with van der Waals surface area (Å²) in [4.78, 5) is 9.69. The van der Waals surface area contributed by atoms with Gasteiger partial charge in [-0.05, 0) is 43.8 Å². The highest BCUT2D eigenvalue weighted by Gasteiger charge is 2.27. The van der Waals surface area contributed by atoms with E-state index in [1.165, 1.54) is 32.4 Å². The summed E-state index contributed by atoms with van der Waals surface area (Å²) in [5.74, 6) is 0.124. The minimum atomic E-state index is -4.36. The van der Waals surface area contributed by atoms with Gasteiger partial charge in [0.25, 0.3) is 15.7 Å². The molecule has 0 radical (unpaired) electrons. The summed E-state index contributed by atoms with van der Waals surface area (Å²) in [6.07, 6.45) is 0. The molecule has 2 N–H and O–H groups in total. The van der Waals surface area contributed by atoms with E-state index in [0.717, 1.165) is 18.2 Å². The highest BCUT2D eigenvalue weighted by molar-refractivity contribution is 7.93. The fourth-order valence-electron chi connectivity index (χ4n) is 2.27. The molecule has 10 nitrogen and oxygen atoms in total. The third-order valence-corrected chi connectivity index (χ3v) is 6.64. The van der Waals surface area contributed by atoms with E-state index in [1.54, 1.807) is 6.92 Å². The first-order valence-corrected chi connectivity index (χ1v) is 10.4. The maximum Gasteiger partial charge on any atom is 0.293 e. The molecular weight excluding hydrogens is 398 g/mol. The van der Waals surface area contributed by atoms with Gasteiger partial charge in [-0.25, -0.2) is 21.6 Å². The molecule has 2 rings (SSSR count). The van der Waals surface area contributed by atoms with Crippen LogP contribution < -0.4 is 14.2 Å². The molecule has 0 bridgehead atoms. The van der Waals surface area contributed by atoms with Gasteiger partial charge in [-0.3, -0.25) is 14.8 Å². The van der Waals surface area contributed by atoms with Crippen LogP contribution in [-0.4, -0.2) is 35.9 Å². The number of anilines is 1. The van der Waals surface area contributed by atoms with Gasteiger partial charge < -0.3 is 4.74 Å². The average Bonchev–Trinajstić information content (AvgIpc) is 2.62. The van der Waals surface area contributed by atoms with Crippen LogP contribution in [0.3, 0.4) is 0 Å². The van der Waals surface area contributed by atoms with Crippen LogP contribution in [-0.2, 0) is 20.0 Å². The molecular formula is C15H17N3O7S2. The van der Waals surface area contributed by atoms with Crippen molar-refractivity contribution in [3.8, 4) is 5.75 Å². The molecule has 2 aromatic rings. The van der Waals surface area contributed by atoms with Gasteiger partial charge in [-0.2, -0.15) is 0 Å². The van der Waals surface area contributed by atoms with Gasteiger partial charge in [0.15, 0.2) is 4.90 Å². The molecule has 2 aromatic carbocycles. The summed E-state index contributed by atoms with van der Waals surface area (Å²) in [5, 5.41) is 11.2. The summed E-state index contributed by atoms with van der Waals surface area (Å²) in [5.41, 5.74) is -0.320. The zero-order valence-electron chi connectivity index (χ0n) is 14.6. The Morgan fingerprint density at radius 3 is 2.22 bits per heavy atom. The molecule has 0 saturated carbocycles. The average molecular weight is 415 g/mol. The predicted octanol–water partition coefficient (Wildman–Crippen LogP) is 1.62. The van der Waals surface area contributed by atoms with E-state index >= 15 is 0 Å². The first-order chi connectivity index (χ1) is 12.5. The topological polar surface area (TPSA) is 145 Å². The molecule has 12 heteroatoms. The molecule has 0 aliphatic carbocycles. The fourth-order valence-corrected chi connectivity index (χ4v) is 4.46. The number of rotatable bonds is 7. The molecule has 0 fully saturated rings. The fraction of sp³-hybridized carbons (Fsp3) is 0.200. The number of nitro groups is 1. The molecule has 0 saturated heterocycles. The molecule has 0 unspecified atom stereocenters. The lowest BCUT2D eigenvalue weighted by Crippen LogP contribution is -2.20. The number of nitrogens with zero attached hydrogens (tertiary/aromatic N) is 1. The number of hydrogen-bond donors (Lipinski definition) is 2. The van der Waals surface area contributed by atoms with Crippen molar-refractivity contribution in [2.24, 2.45) is 0 Å². The van der Waals surface area contributed by atoms with Crippen molar-refractivity contribution in [1.82, 2.24) is 4.72 Å². The summed E-state index contributed by atoms with van der Waals surface area (Å²) >= 11 is 0. The summed E-state index contributed by atoms with van der Waals surface area (Å²) < 4.78 is 58.5. The summed E-state index contributed by atoms with van der Waals surface area (Å²) in [6, 6.07) is 7.21. The number of nitrogens with one attached hydrogen (secondary N) is 2. The Bertz CT molecular complexity index is 1100. The Kier molecular flexibility index (Phi) is 5.73. The van der Waals surface area contributed by atoms with E-state index in [0.29, 0.717) is 5.56 Å². The van der Waals surface area contributed by atoms with Crippen molar-refractivity contribution in [3.63, 3.8) is 0 Å². The van der Waals surface area contributed by atoms with Crippen molar-refractivity contribution in [3.05, 3.63) is 52.1 Å². The molecule has 0 aliphatic heterocycles. The van der Waals surface area contributed by atoms with Gasteiger partial charge in [0.2, 0.25) is 10.0 Å². The Hall–Kier alpha value is -2.70. The monoisotopic (exact) mass is 415 g/mol. The number of aryl methyl sites for hydroxylation is 1.